The van der Waals surface area contributed by atoms with Crippen molar-refractivity contribution in [2.24, 2.45) is 0 Å². The maximum atomic E-state index is 13.4. The Bertz CT molecular complexity index is 756. The summed E-state index contributed by atoms with van der Waals surface area (Å²) in [5, 5.41) is 0. The minimum atomic E-state index is -0.860. The topological polar surface area (TPSA) is 17.1 Å². The highest BCUT2D eigenvalue weighted by Crippen LogP contribution is 2.34. The molecule has 0 N–H and O–H groups in total. The first-order valence-corrected chi connectivity index (χ1v) is 8.09. The third-order valence-electron chi connectivity index (χ3n) is 4.07. The lowest BCUT2D eigenvalue weighted by molar-refractivity contribution is 0.0952. The van der Waals surface area contributed by atoms with Crippen molar-refractivity contribution in [2.45, 2.75) is 5.41 Å². The Balaban J connectivity index is 2.26. The van der Waals surface area contributed by atoms with Crippen LogP contribution in [0, 0.1) is 0 Å². The van der Waals surface area contributed by atoms with Crippen LogP contribution in [0.1, 0.15) is 21.5 Å². The molecule has 0 spiro atoms. The molecule has 1 nitrogen and oxygen atoms in total. The van der Waals surface area contributed by atoms with Gasteiger partial charge in [0.1, 0.15) is 5.41 Å². The predicted molar refractivity (Wildman–Crippen MR) is 98.8 cm³/mol. The quantitative estimate of drug-likeness (QED) is 0.488. The summed E-state index contributed by atoms with van der Waals surface area (Å²) in [5.74, 6) is 1.86. The van der Waals surface area contributed by atoms with Crippen LogP contribution in [0.25, 0.3) is 0 Å². The number of hydrogen-bond acceptors (Lipinski definition) is 1. The molecule has 0 aliphatic carbocycles. The van der Waals surface area contributed by atoms with Gasteiger partial charge in [0, 0.05) is 5.56 Å². The number of ketones is 1. The number of carbonyl (C=O) groups is 1. The fourth-order valence-corrected chi connectivity index (χ4v) is 3.34. The Morgan fingerprint density at radius 1 is 0.696 bits per heavy atom. The van der Waals surface area contributed by atoms with Crippen LogP contribution in [-0.4, -0.2) is 11.6 Å². The SMILES string of the molecule is O=C(c1ccccc1)C(C=P)(c1ccccc1)c1ccccc1. The molecule has 0 aliphatic rings. The standard InChI is InChI=1S/C21H17OP/c22-20(17-10-4-1-5-11-17)21(16-23,18-12-6-2-7-13-18)19-14-8-3-9-15-19/h1-16,23H. The maximum absolute atomic E-state index is 13.4. The lowest BCUT2D eigenvalue weighted by Gasteiger charge is -2.30. The fourth-order valence-electron chi connectivity index (χ4n) is 2.88. The summed E-state index contributed by atoms with van der Waals surface area (Å²) in [6.45, 7) is 0. The van der Waals surface area contributed by atoms with E-state index < -0.39 is 5.41 Å². The van der Waals surface area contributed by atoms with Crippen molar-refractivity contribution < 1.29 is 4.79 Å². The first-order valence-electron chi connectivity index (χ1n) is 7.51. The average Bonchev–Trinajstić information content (AvgIpc) is 2.65. The molecule has 0 bridgehead atoms. The van der Waals surface area contributed by atoms with Crippen LogP contribution in [0.3, 0.4) is 0 Å². The molecule has 112 valence electrons. The highest BCUT2D eigenvalue weighted by Gasteiger charge is 2.39. The van der Waals surface area contributed by atoms with E-state index in [1.54, 1.807) is 0 Å². The fraction of sp³-hybridized carbons (Fsp3) is 0.0476. The number of hydrogen-bond donors (Lipinski definition) is 0. The first kappa shape index (κ1) is 15.4. The van der Waals surface area contributed by atoms with E-state index in [4.69, 9.17) is 0 Å². The molecule has 0 amide bonds. The third-order valence-corrected chi connectivity index (χ3v) is 4.50. The van der Waals surface area contributed by atoms with Gasteiger partial charge in [0.05, 0.1) is 0 Å². The minimum Gasteiger partial charge on any atom is -0.292 e. The van der Waals surface area contributed by atoms with Gasteiger partial charge in [-0.25, -0.2) is 0 Å². The monoisotopic (exact) mass is 316 g/mol. The molecule has 0 fully saturated rings. The lowest BCUT2D eigenvalue weighted by atomic mass is 9.71. The van der Waals surface area contributed by atoms with Crippen molar-refractivity contribution in [1.29, 1.82) is 0 Å². The van der Waals surface area contributed by atoms with Crippen molar-refractivity contribution in [3.63, 3.8) is 0 Å². The zero-order valence-corrected chi connectivity index (χ0v) is 13.6. The van der Waals surface area contributed by atoms with Crippen molar-refractivity contribution in [2.75, 3.05) is 0 Å². The Morgan fingerprint density at radius 3 is 1.48 bits per heavy atom. The van der Waals surface area contributed by atoms with Crippen molar-refractivity contribution >= 4 is 20.4 Å². The predicted octanol–water partition coefficient (Wildman–Crippen LogP) is 4.80. The van der Waals surface area contributed by atoms with Crippen LogP contribution in [0.2, 0.25) is 0 Å². The molecular formula is C21H17OP. The molecule has 3 rings (SSSR count). The normalized spacial score (nSPS) is 11.0. The molecule has 0 atom stereocenters. The number of rotatable bonds is 5. The molecule has 0 aliphatic heterocycles. The molecule has 0 saturated carbocycles. The Kier molecular flexibility index (Phi) is 4.50. The molecule has 0 heterocycles. The first-order chi connectivity index (χ1) is 11.3. The van der Waals surface area contributed by atoms with Gasteiger partial charge in [-0.05, 0) is 16.9 Å². The van der Waals surface area contributed by atoms with Crippen LogP contribution in [-0.2, 0) is 5.41 Å². The molecule has 23 heavy (non-hydrogen) atoms. The van der Waals surface area contributed by atoms with Crippen LogP contribution in [0.15, 0.2) is 91.0 Å². The zero-order valence-electron chi connectivity index (χ0n) is 12.6. The Hall–Kier alpha value is -2.50. The molecule has 2 heteroatoms. The van der Waals surface area contributed by atoms with Gasteiger partial charge in [0.15, 0.2) is 5.78 Å². The lowest BCUT2D eigenvalue weighted by Crippen LogP contribution is -2.38. The molecule has 0 aromatic heterocycles. The molecule has 3 aromatic rings. The second-order valence-electron chi connectivity index (χ2n) is 5.38. The number of benzene rings is 3. The third kappa shape index (κ3) is 2.76. The van der Waals surface area contributed by atoms with E-state index >= 15 is 0 Å². The zero-order chi connectivity index (χ0) is 16.1. The average molecular weight is 316 g/mol. The summed E-state index contributed by atoms with van der Waals surface area (Å²) in [7, 11) is 3.56. The van der Waals surface area contributed by atoms with Crippen molar-refractivity contribution in [3.8, 4) is 0 Å². The number of Topliss-reactive ketones (excluding diaryl/α,β-unsaturated/α-hetero) is 1. The van der Waals surface area contributed by atoms with E-state index in [1.165, 1.54) is 0 Å². The van der Waals surface area contributed by atoms with Gasteiger partial charge >= 0.3 is 0 Å². The smallest absolute Gasteiger partial charge is 0.181 e. The number of carbonyl (C=O) groups excluding carboxylic acids is 1. The van der Waals surface area contributed by atoms with Gasteiger partial charge < -0.3 is 0 Å². The summed E-state index contributed by atoms with van der Waals surface area (Å²) in [5.41, 5.74) is 1.71. The van der Waals surface area contributed by atoms with Gasteiger partial charge in [-0.2, -0.15) is 0 Å². The molecular weight excluding hydrogens is 299 g/mol. The minimum absolute atomic E-state index is 0.0468. The summed E-state index contributed by atoms with van der Waals surface area (Å²) >= 11 is 0. The van der Waals surface area contributed by atoms with Gasteiger partial charge in [0.2, 0.25) is 0 Å². The van der Waals surface area contributed by atoms with E-state index in [9.17, 15) is 4.79 Å². The largest absolute Gasteiger partial charge is 0.292 e. The molecule has 0 radical (unpaired) electrons. The second-order valence-corrected chi connectivity index (χ2v) is 5.67. The van der Waals surface area contributed by atoms with E-state index in [-0.39, 0.29) is 5.78 Å². The van der Waals surface area contributed by atoms with E-state index in [1.807, 2.05) is 96.8 Å². The van der Waals surface area contributed by atoms with Crippen molar-refractivity contribution in [3.05, 3.63) is 108 Å². The van der Waals surface area contributed by atoms with Crippen LogP contribution in [0.4, 0.5) is 0 Å². The van der Waals surface area contributed by atoms with Crippen LogP contribution >= 0.6 is 8.86 Å². The Labute approximate surface area is 138 Å². The summed E-state index contributed by atoms with van der Waals surface area (Å²) in [6, 6.07) is 29.1. The van der Waals surface area contributed by atoms with E-state index in [0.717, 1.165) is 11.1 Å². The van der Waals surface area contributed by atoms with Gasteiger partial charge in [-0.1, -0.05) is 91.0 Å². The van der Waals surface area contributed by atoms with E-state index in [2.05, 4.69) is 8.86 Å². The molecule has 0 unspecified atom stereocenters. The summed E-state index contributed by atoms with van der Waals surface area (Å²) in [4.78, 5) is 13.4. The summed E-state index contributed by atoms with van der Waals surface area (Å²) in [6.07, 6.45) is 0. The van der Waals surface area contributed by atoms with Gasteiger partial charge in [-0.3, -0.25) is 4.79 Å². The molecule has 0 saturated heterocycles. The van der Waals surface area contributed by atoms with Crippen LogP contribution in [0.5, 0.6) is 0 Å². The highest BCUT2D eigenvalue weighted by atomic mass is 31.0. The molecule has 3 aromatic carbocycles. The van der Waals surface area contributed by atoms with Gasteiger partial charge in [0.25, 0.3) is 0 Å². The highest BCUT2D eigenvalue weighted by molar-refractivity contribution is 7.19. The summed E-state index contributed by atoms with van der Waals surface area (Å²) < 4.78 is 0. The van der Waals surface area contributed by atoms with E-state index in [0.29, 0.717) is 5.56 Å². The Morgan fingerprint density at radius 2 is 1.09 bits per heavy atom. The van der Waals surface area contributed by atoms with Gasteiger partial charge in [-0.15, -0.1) is 8.86 Å². The van der Waals surface area contributed by atoms with Crippen molar-refractivity contribution in [1.82, 2.24) is 0 Å². The van der Waals surface area contributed by atoms with Crippen LogP contribution < -0.4 is 0 Å². The second kappa shape index (κ2) is 6.73. The maximum Gasteiger partial charge on any atom is 0.181 e.